The fourth-order valence-electron chi connectivity index (χ4n) is 3.54. The number of carbonyl (C=O) groups is 1. The van der Waals surface area contributed by atoms with Crippen molar-refractivity contribution in [2.45, 2.75) is 37.2 Å². The number of pyridine rings is 1. The fourth-order valence-corrected chi connectivity index (χ4v) is 4.54. The predicted octanol–water partition coefficient (Wildman–Crippen LogP) is 5.63. The van der Waals surface area contributed by atoms with Gasteiger partial charge in [0.15, 0.2) is 10.8 Å². The fraction of sp³-hybridized carbons (Fsp3) is 0.240. The third-order valence-corrected chi connectivity index (χ3v) is 6.27. The second kappa shape index (κ2) is 9.87. The number of benzene rings is 2. The highest BCUT2D eigenvalue weighted by atomic mass is 32.2. The lowest BCUT2D eigenvalue weighted by molar-refractivity contribution is -0.119. The molecule has 1 atom stereocenters. The SMILES string of the molecule is CCC(C(=O)Nc1cccc(OC)c1)n1c(SCc2ccc(C)cc2)nc2cccnc21. The van der Waals surface area contributed by atoms with Crippen LogP contribution in [0.25, 0.3) is 11.2 Å². The number of fused-ring (bicyclic) bond motifs is 1. The van der Waals surface area contributed by atoms with Crippen LogP contribution in [0.3, 0.4) is 0 Å². The van der Waals surface area contributed by atoms with Crippen LogP contribution in [0, 0.1) is 6.92 Å². The Kier molecular flexibility index (Phi) is 6.75. The molecule has 4 rings (SSSR count). The van der Waals surface area contributed by atoms with E-state index in [2.05, 4.69) is 41.5 Å². The van der Waals surface area contributed by atoms with E-state index in [1.54, 1.807) is 25.1 Å². The molecule has 164 valence electrons. The number of hydrogen-bond donors (Lipinski definition) is 1. The number of nitrogens with zero attached hydrogens (tertiary/aromatic N) is 3. The van der Waals surface area contributed by atoms with Gasteiger partial charge >= 0.3 is 0 Å². The minimum atomic E-state index is -0.443. The average molecular weight is 447 g/mol. The lowest BCUT2D eigenvalue weighted by Gasteiger charge is -2.19. The van der Waals surface area contributed by atoms with Gasteiger partial charge in [0.25, 0.3) is 0 Å². The van der Waals surface area contributed by atoms with Gasteiger partial charge in [-0.3, -0.25) is 9.36 Å². The summed E-state index contributed by atoms with van der Waals surface area (Å²) in [6.45, 7) is 4.08. The molecule has 0 saturated heterocycles. The van der Waals surface area contributed by atoms with Crippen LogP contribution < -0.4 is 10.1 Å². The summed E-state index contributed by atoms with van der Waals surface area (Å²) in [6.07, 6.45) is 2.34. The van der Waals surface area contributed by atoms with E-state index in [9.17, 15) is 4.79 Å². The van der Waals surface area contributed by atoms with Crippen LogP contribution in [0.1, 0.15) is 30.5 Å². The number of aromatic nitrogens is 3. The van der Waals surface area contributed by atoms with E-state index in [1.165, 1.54) is 11.1 Å². The molecule has 2 aromatic carbocycles. The summed E-state index contributed by atoms with van der Waals surface area (Å²) in [7, 11) is 1.61. The van der Waals surface area contributed by atoms with Crippen molar-refractivity contribution in [2.75, 3.05) is 12.4 Å². The number of imidazole rings is 1. The van der Waals surface area contributed by atoms with Gasteiger partial charge in [-0.05, 0) is 43.2 Å². The Labute approximate surface area is 192 Å². The first-order valence-corrected chi connectivity index (χ1v) is 11.5. The van der Waals surface area contributed by atoms with Crippen LogP contribution in [-0.4, -0.2) is 27.6 Å². The standard InChI is InChI=1S/C25H26N4O2S/c1-4-22(24(30)27-19-7-5-8-20(15-19)31-3)29-23-21(9-6-14-26-23)28-25(29)32-16-18-12-10-17(2)11-13-18/h5-15,22H,4,16H2,1-3H3,(H,27,30). The van der Waals surface area contributed by atoms with Crippen molar-refractivity contribution in [1.82, 2.24) is 14.5 Å². The second-order valence-electron chi connectivity index (χ2n) is 7.53. The van der Waals surface area contributed by atoms with Gasteiger partial charge in [-0.1, -0.05) is 54.6 Å². The molecular weight excluding hydrogens is 420 g/mol. The van der Waals surface area contributed by atoms with Crippen LogP contribution in [0.15, 0.2) is 72.0 Å². The van der Waals surface area contributed by atoms with Crippen molar-refractivity contribution in [2.24, 2.45) is 0 Å². The second-order valence-corrected chi connectivity index (χ2v) is 8.47. The normalized spacial score (nSPS) is 12.0. The number of carbonyl (C=O) groups excluding carboxylic acids is 1. The number of nitrogens with one attached hydrogen (secondary N) is 1. The van der Waals surface area contributed by atoms with E-state index in [1.807, 2.05) is 47.9 Å². The first kappa shape index (κ1) is 21.9. The van der Waals surface area contributed by atoms with Crippen LogP contribution >= 0.6 is 11.8 Å². The maximum atomic E-state index is 13.3. The van der Waals surface area contributed by atoms with Crippen LogP contribution in [0.4, 0.5) is 5.69 Å². The maximum Gasteiger partial charge on any atom is 0.247 e. The van der Waals surface area contributed by atoms with Gasteiger partial charge in [0.05, 0.1) is 7.11 Å². The smallest absolute Gasteiger partial charge is 0.247 e. The van der Waals surface area contributed by atoms with Gasteiger partial charge in [-0.25, -0.2) is 9.97 Å². The minimum absolute atomic E-state index is 0.108. The van der Waals surface area contributed by atoms with E-state index in [0.717, 1.165) is 16.4 Å². The highest BCUT2D eigenvalue weighted by Crippen LogP contribution is 2.31. The summed E-state index contributed by atoms with van der Waals surface area (Å²) >= 11 is 1.62. The van der Waals surface area contributed by atoms with E-state index >= 15 is 0 Å². The van der Waals surface area contributed by atoms with Crippen molar-refractivity contribution < 1.29 is 9.53 Å². The van der Waals surface area contributed by atoms with E-state index in [-0.39, 0.29) is 5.91 Å². The Bertz CT molecular complexity index is 1220. The summed E-state index contributed by atoms with van der Waals surface area (Å²) in [5, 5.41) is 3.81. The highest BCUT2D eigenvalue weighted by molar-refractivity contribution is 7.98. The molecule has 0 fully saturated rings. The minimum Gasteiger partial charge on any atom is -0.497 e. The molecule has 0 bridgehead atoms. The Morgan fingerprint density at radius 2 is 1.97 bits per heavy atom. The zero-order valence-corrected chi connectivity index (χ0v) is 19.2. The Hall–Kier alpha value is -3.32. The lowest BCUT2D eigenvalue weighted by Crippen LogP contribution is -2.26. The Balaban J connectivity index is 1.64. The Morgan fingerprint density at radius 1 is 1.16 bits per heavy atom. The molecule has 32 heavy (non-hydrogen) atoms. The number of rotatable bonds is 8. The monoisotopic (exact) mass is 446 g/mol. The number of hydrogen-bond acceptors (Lipinski definition) is 5. The molecule has 1 N–H and O–H groups in total. The van der Waals surface area contributed by atoms with Crippen molar-refractivity contribution >= 4 is 34.5 Å². The summed E-state index contributed by atoms with van der Waals surface area (Å²) < 4.78 is 7.24. The predicted molar refractivity (Wildman–Crippen MR) is 129 cm³/mol. The quantitative estimate of drug-likeness (QED) is 0.355. The molecule has 0 aliphatic heterocycles. The van der Waals surface area contributed by atoms with Gasteiger partial charge < -0.3 is 10.1 Å². The number of aryl methyl sites for hydroxylation is 1. The summed E-state index contributed by atoms with van der Waals surface area (Å²) in [5.74, 6) is 1.35. The molecule has 6 nitrogen and oxygen atoms in total. The number of ether oxygens (including phenoxy) is 1. The van der Waals surface area contributed by atoms with Gasteiger partial charge in [0.1, 0.15) is 17.3 Å². The summed E-state index contributed by atoms with van der Waals surface area (Å²) in [6, 6.07) is 19.2. The summed E-state index contributed by atoms with van der Waals surface area (Å²) in [4.78, 5) is 22.6. The first-order valence-electron chi connectivity index (χ1n) is 10.5. The average Bonchev–Trinajstić information content (AvgIpc) is 3.17. The molecule has 1 unspecified atom stereocenters. The topological polar surface area (TPSA) is 69.0 Å². The van der Waals surface area contributed by atoms with E-state index in [0.29, 0.717) is 23.5 Å². The largest absolute Gasteiger partial charge is 0.497 e. The van der Waals surface area contributed by atoms with Gasteiger partial charge in [0, 0.05) is 23.7 Å². The maximum absolute atomic E-state index is 13.3. The number of methoxy groups -OCH3 is 1. The third kappa shape index (κ3) is 4.78. The molecule has 0 radical (unpaired) electrons. The zero-order valence-electron chi connectivity index (χ0n) is 18.4. The Morgan fingerprint density at radius 3 is 2.72 bits per heavy atom. The molecule has 2 aromatic heterocycles. The molecule has 0 aliphatic rings. The molecule has 0 aliphatic carbocycles. The van der Waals surface area contributed by atoms with Crippen molar-refractivity contribution in [3.8, 4) is 5.75 Å². The van der Waals surface area contributed by atoms with Crippen molar-refractivity contribution in [3.05, 3.63) is 78.0 Å². The highest BCUT2D eigenvalue weighted by Gasteiger charge is 2.25. The molecule has 2 heterocycles. The van der Waals surface area contributed by atoms with Gasteiger partial charge in [0.2, 0.25) is 5.91 Å². The molecule has 0 saturated carbocycles. The van der Waals surface area contributed by atoms with Gasteiger partial charge in [-0.15, -0.1) is 0 Å². The lowest BCUT2D eigenvalue weighted by atomic mass is 10.2. The van der Waals surface area contributed by atoms with Crippen molar-refractivity contribution in [3.63, 3.8) is 0 Å². The molecule has 1 amide bonds. The van der Waals surface area contributed by atoms with Crippen molar-refractivity contribution in [1.29, 1.82) is 0 Å². The summed E-state index contributed by atoms with van der Waals surface area (Å²) in [5.41, 5.74) is 4.63. The molecule has 4 aromatic rings. The van der Waals surface area contributed by atoms with E-state index < -0.39 is 6.04 Å². The first-order chi connectivity index (χ1) is 15.6. The number of anilines is 1. The molecule has 7 heteroatoms. The molecular formula is C25H26N4O2S. The van der Waals surface area contributed by atoms with Crippen LogP contribution in [-0.2, 0) is 10.5 Å². The van der Waals surface area contributed by atoms with Crippen LogP contribution in [0.2, 0.25) is 0 Å². The number of amides is 1. The van der Waals surface area contributed by atoms with E-state index in [4.69, 9.17) is 9.72 Å². The number of thioether (sulfide) groups is 1. The molecule has 0 spiro atoms. The van der Waals surface area contributed by atoms with Crippen LogP contribution in [0.5, 0.6) is 5.75 Å². The van der Waals surface area contributed by atoms with Gasteiger partial charge in [-0.2, -0.15) is 0 Å². The zero-order chi connectivity index (χ0) is 22.5. The third-order valence-electron chi connectivity index (χ3n) is 5.24.